The summed E-state index contributed by atoms with van der Waals surface area (Å²) in [4.78, 5) is 18.2. The molecule has 4 aromatic rings. The Hall–Kier alpha value is -3.72. The Morgan fingerprint density at radius 3 is 2.65 bits per heavy atom. The van der Waals surface area contributed by atoms with Crippen LogP contribution in [0.3, 0.4) is 0 Å². The Kier molecular flexibility index (Phi) is 5.57. The number of anilines is 2. The van der Waals surface area contributed by atoms with E-state index in [-0.39, 0.29) is 5.91 Å². The van der Waals surface area contributed by atoms with Gasteiger partial charge in [0.05, 0.1) is 11.7 Å². The molecule has 0 saturated carbocycles. The van der Waals surface area contributed by atoms with Gasteiger partial charge in [-0.05, 0) is 60.0 Å². The fourth-order valence-corrected chi connectivity index (χ4v) is 4.71. The topological polar surface area (TPSA) is 92.5 Å². The number of hydrogen-bond donors (Lipinski definition) is 1. The second-order valence-corrected chi connectivity index (χ2v) is 11.3. The van der Waals surface area contributed by atoms with Crippen molar-refractivity contribution in [3.8, 4) is 5.82 Å². The highest BCUT2D eigenvalue weighted by molar-refractivity contribution is 7.92. The molecule has 1 aliphatic heterocycles. The van der Waals surface area contributed by atoms with Gasteiger partial charge in [0.2, 0.25) is 5.91 Å². The average Bonchev–Trinajstić information content (AvgIpc) is 3.21. The maximum atomic E-state index is 12.1. The molecule has 0 atom stereocenters. The molecule has 2 aromatic carbocycles. The SMILES string of the molecule is CC(=O)N1CCc2ccc(Nc3ccc4cnn(-c5cccc(N=S(C)(C)=O)n5)c4c3)cc2C1. The van der Waals surface area contributed by atoms with E-state index in [4.69, 9.17) is 0 Å². The molecular formula is C25H26N6O2S. The molecule has 0 spiro atoms. The Labute approximate surface area is 198 Å². The molecule has 0 saturated heterocycles. The number of hydrogen-bond acceptors (Lipinski definition) is 6. The number of carbonyl (C=O) groups excluding carboxylic acids is 1. The van der Waals surface area contributed by atoms with Crippen molar-refractivity contribution in [2.75, 3.05) is 24.4 Å². The zero-order valence-electron chi connectivity index (χ0n) is 19.4. The standard InChI is InChI=1S/C25H26N6O2S/c1-17(32)30-12-11-18-7-9-21(13-20(18)16-30)27-22-10-8-19-15-26-31(23(19)14-22)25-6-4-5-24(28-25)29-34(2,3)33/h4-10,13-15,27H,11-12,16H2,1-3H3. The molecule has 174 valence electrons. The highest BCUT2D eigenvalue weighted by Gasteiger charge is 2.18. The third-order valence-corrected chi connectivity index (χ3v) is 6.40. The molecule has 9 heteroatoms. The molecule has 0 unspecified atom stereocenters. The van der Waals surface area contributed by atoms with Gasteiger partial charge in [-0.3, -0.25) is 4.79 Å². The maximum absolute atomic E-state index is 12.1. The van der Waals surface area contributed by atoms with E-state index in [2.05, 4.69) is 38.0 Å². The molecule has 0 fully saturated rings. The lowest BCUT2D eigenvalue weighted by atomic mass is 9.99. The molecule has 1 amide bonds. The van der Waals surface area contributed by atoms with Crippen LogP contribution in [0.4, 0.5) is 17.2 Å². The van der Waals surface area contributed by atoms with E-state index in [1.165, 1.54) is 11.1 Å². The summed E-state index contributed by atoms with van der Waals surface area (Å²) in [6.45, 7) is 3.03. The quantitative estimate of drug-likeness (QED) is 0.472. The monoisotopic (exact) mass is 474 g/mol. The lowest BCUT2D eigenvalue weighted by Gasteiger charge is -2.28. The summed E-state index contributed by atoms with van der Waals surface area (Å²) in [7, 11) is -2.31. The first-order valence-electron chi connectivity index (χ1n) is 11.0. The van der Waals surface area contributed by atoms with Gasteiger partial charge in [-0.2, -0.15) is 9.46 Å². The summed E-state index contributed by atoms with van der Waals surface area (Å²) < 4.78 is 18.0. The van der Waals surface area contributed by atoms with E-state index in [9.17, 15) is 9.00 Å². The number of fused-ring (bicyclic) bond motifs is 2. The normalized spacial score (nSPS) is 13.6. The summed E-state index contributed by atoms with van der Waals surface area (Å²) in [6, 6.07) is 17.8. The fraction of sp³-hybridized carbons (Fsp3) is 0.240. The largest absolute Gasteiger partial charge is 0.355 e. The predicted molar refractivity (Wildman–Crippen MR) is 135 cm³/mol. The van der Waals surface area contributed by atoms with Gasteiger partial charge in [0, 0.05) is 59.0 Å². The van der Waals surface area contributed by atoms with E-state index in [0.717, 1.165) is 35.2 Å². The lowest BCUT2D eigenvalue weighted by molar-refractivity contribution is -0.129. The third kappa shape index (κ3) is 4.65. The van der Waals surface area contributed by atoms with Crippen LogP contribution in [0.25, 0.3) is 16.7 Å². The third-order valence-electron chi connectivity index (χ3n) is 5.77. The van der Waals surface area contributed by atoms with Crippen LogP contribution < -0.4 is 5.32 Å². The molecule has 5 rings (SSSR count). The Morgan fingerprint density at radius 1 is 1.06 bits per heavy atom. The van der Waals surface area contributed by atoms with Crippen LogP contribution in [0.5, 0.6) is 0 Å². The smallest absolute Gasteiger partial charge is 0.219 e. The summed E-state index contributed by atoms with van der Waals surface area (Å²) in [5, 5.41) is 8.97. The number of benzene rings is 2. The van der Waals surface area contributed by atoms with Crippen LogP contribution in [0.2, 0.25) is 0 Å². The lowest BCUT2D eigenvalue weighted by Crippen LogP contribution is -2.34. The van der Waals surface area contributed by atoms with Crippen LogP contribution in [0, 0.1) is 0 Å². The van der Waals surface area contributed by atoms with E-state index in [0.29, 0.717) is 18.2 Å². The Balaban J connectivity index is 1.46. The van der Waals surface area contributed by atoms with Crippen LogP contribution in [0.15, 0.2) is 65.2 Å². The van der Waals surface area contributed by atoms with Crippen molar-refractivity contribution >= 4 is 43.7 Å². The Morgan fingerprint density at radius 2 is 1.85 bits per heavy atom. The van der Waals surface area contributed by atoms with Crippen molar-refractivity contribution in [1.29, 1.82) is 0 Å². The van der Waals surface area contributed by atoms with E-state index in [1.807, 2.05) is 35.2 Å². The van der Waals surface area contributed by atoms with Gasteiger partial charge in [-0.1, -0.05) is 12.1 Å². The van der Waals surface area contributed by atoms with Crippen LogP contribution >= 0.6 is 0 Å². The molecule has 0 radical (unpaired) electrons. The van der Waals surface area contributed by atoms with Crippen molar-refractivity contribution in [2.45, 2.75) is 19.9 Å². The van der Waals surface area contributed by atoms with E-state index >= 15 is 0 Å². The van der Waals surface area contributed by atoms with E-state index in [1.54, 1.807) is 36.4 Å². The number of aromatic nitrogens is 3. The summed E-state index contributed by atoms with van der Waals surface area (Å²) >= 11 is 0. The number of pyridine rings is 1. The molecule has 0 bridgehead atoms. The van der Waals surface area contributed by atoms with E-state index < -0.39 is 9.73 Å². The van der Waals surface area contributed by atoms with Crippen molar-refractivity contribution in [3.05, 3.63) is 71.9 Å². The van der Waals surface area contributed by atoms with Crippen LogP contribution in [0.1, 0.15) is 18.1 Å². The Bertz CT molecular complexity index is 1530. The van der Waals surface area contributed by atoms with Gasteiger partial charge in [0.15, 0.2) is 11.6 Å². The van der Waals surface area contributed by atoms with Gasteiger partial charge >= 0.3 is 0 Å². The van der Waals surface area contributed by atoms with Gasteiger partial charge in [0.25, 0.3) is 0 Å². The molecular weight excluding hydrogens is 448 g/mol. The summed E-state index contributed by atoms with van der Waals surface area (Å²) in [5.41, 5.74) is 5.24. The van der Waals surface area contributed by atoms with Gasteiger partial charge < -0.3 is 10.2 Å². The predicted octanol–water partition coefficient (Wildman–Crippen LogP) is 4.43. The highest BCUT2D eigenvalue weighted by atomic mass is 32.2. The summed E-state index contributed by atoms with van der Waals surface area (Å²) in [5.74, 6) is 1.13. The van der Waals surface area contributed by atoms with Gasteiger partial charge in [-0.15, -0.1) is 0 Å². The maximum Gasteiger partial charge on any atom is 0.219 e. The van der Waals surface area contributed by atoms with Gasteiger partial charge in [0.1, 0.15) is 0 Å². The van der Waals surface area contributed by atoms with Crippen molar-refractivity contribution < 1.29 is 9.00 Å². The van der Waals surface area contributed by atoms with Crippen LogP contribution in [-0.2, 0) is 27.5 Å². The molecule has 1 N–H and O–H groups in total. The first kappa shape index (κ1) is 22.1. The first-order chi connectivity index (χ1) is 16.2. The number of nitrogens with zero attached hydrogens (tertiary/aromatic N) is 5. The highest BCUT2D eigenvalue weighted by Crippen LogP contribution is 2.27. The zero-order valence-corrected chi connectivity index (χ0v) is 20.2. The molecule has 8 nitrogen and oxygen atoms in total. The van der Waals surface area contributed by atoms with Crippen molar-refractivity contribution in [1.82, 2.24) is 19.7 Å². The second kappa shape index (κ2) is 8.57. The zero-order chi connectivity index (χ0) is 23.9. The second-order valence-electron chi connectivity index (χ2n) is 8.76. The van der Waals surface area contributed by atoms with Crippen molar-refractivity contribution in [3.63, 3.8) is 0 Å². The molecule has 34 heavy (non-hydrogen) atoms. The number of rotatable bonds is 4. The molecule has 3 heterocycles. The number of nitrogens with one attached hydrogen (secondary N) is 1. The van der Waals surface area contributed by atoms with Crippen molar-refractivity contribution in [2.24, 2.45) is 4.36 Å². The fourth-order valence-electron chi connectivity index (χ4n) is 4.16. The average molecular weight is 475 g/mol. The minimum absolute atomic E-state index is 0.105. The minimum atomic E-state index is -2.31. The molecule has 1 aliphatic rings. The summed E-state index contributed by atoms with van der Waals surface area (Å²) in [6.07, 6.45) is 5.84. The first-order valence-corrected chi connectivity index (χ1v) is 13.3. The van der Waals surface area contributed by atoms with Crippen LogP contribution in [-0.4, -0.2) is 48.8 Å². The number of amides is 1. The minimum Gasteiger partial charge on any atom is -0.355 e. The molecule has 2 aromatic heterocycles. The molecule has 0 aliphatic carbocycles. The number of carbonyl (C=O) groups is 1. The van der Waals surface area contributed by atoms with Gasteiger partial charge in [-0.25, -0.2) is 13.9 Å².